The number of methoxy groups -OCH3 is 1. The summed E-state index contributed by atoms with van der Waals surface area (Å²) in [5.74, 6) is 0.365. The number of amides is 2. The Bertz CT molecular complexity index is 903. The molecule has 27 heavy (non-hydrogen) atoms. The van der Waals surface area contributed by atoms with E-state index >= 15 is 0 Å². The predicted octanol–water partition coefficient (Wildman–Crippen LogP) is 4.00. The molecule has 0 fully saturated rings. The van der Waals surface area contributed by atoms with Crippen LogP contribution in [0.5, 0.6) is 11.5 Å². The van der Waals surface area contributed by atoms with Gasteiger partial charge < -0.3 is 9.47 Å². The molecule has 0 aromatic heterocycles. The first kappa shape index (κ1) is 19.0. The van der Waals surface area contributed by atoms with Crippen molar-refractivity contribution in [1.29, 1.82) is 0 Å². The number of nitrogens with zero attached hydrogens (tertiary/aromatic N) is 1. The fourth-order valence-electron chi connectivity index (χ4n) is 2.92. The summed E-state index contributed by atoms with van der Waals surface area (Å²) in [4.78, 5) is 26.6. The van der Waals surface area contributed by atoms with E-state index in [0.29, 0.717) is 17.1 Å². The van der Waals surface area contributed by atoms with Crippen LogP contribution in [-0.2, 0) is 16.1 Å². The second kappa shape index (κ2) is 7.84. The van der Waals surface area contributed by atoms with E-state index in [2.05, 4.69) is 0 Å². The van der Waals surface area contributed by atoms with Crippen LogP contribution in [0.3, 0.4) is 0 Å². The fraction of sp³-hybridized carbons (Fsp3) is 0.238. The SMILES string of the molecule is COc1ccccc1CN1C(=O)C(Cl)=C(c2ccc(OC(C)C)cc2)C1=O. The zero-order valence-electron chi connectivity index (χ0n) is 15.4. The highest BCUT2D eigenvalue weighted by atomic mass is 35.5. The molecular formula is C21H20ClNO4. The van der Waals surface area contributed by atoms with Gasteiger partial charge in [-0.1, -0.05) is 41.9 Å². The summed E-state index contributed by atoms with van der Waals surface area (Å²) in [5, 5.41) is -0.0765. The quantitative estimate of drug-likeness (QED) is 0.705. The first-order chi connectivity index (χ1) is 12.9. The highest BCUT2D eigenvalue weighted by molar-refractivity contribution is 6.55. The van der Waals surface area contributed by atoms with Crippen LogP contribution in [0, 0.1) is 0 Å². The van der Waals surface area contributed by atoms with Crippen molar-refractivity contribution >= 4 is 29.0 Å². The molecule has 140 valence electrons. The maximum atomic E-state index is 12.9. The summed E-state index contributed by atoms with van der Waals surface area (Å²) >= 11 is 6.22. The molecular weight excluding hydrogens is 366 g/mol. The Morgan fingerprint density at radius 2 is 1.67 bits per heavy atom. The van der Waals surface area contributed by atoms with Gasteiger partial charge in [0.2, 0.25) is 0 Å². The molecule has 5 nitrogen and oxygen atoms in total. The summed E-state index contributed by atoms with van der Waals surface area (Å²) < 4.78 is 10.9. The Morgan fingerprint density at radius 1 is 1.00 bits per heavy atom. The van der Waals surface area contributed by atoms with Crippen molar-refractivity contribution in [3.8, 4) is 11.5 Å². The van der Waals surface area contributed by atoms with Crippen LogP contribution in [-0.4, -0.2) is 29.9 Å². The third-order valence-electron chi connectivity index (χ3n) is 4.15. The molecule has 0 radical (unpaired) electrons. The van der Waals surface area contributed by atoms with Crippen LogP contribution in [0.2, 0.25) is 0 Å². The van der Waals surface area contributed by atoms with Gasteiger partial charge in [0, 0.05) is 5.56 Å². The van der Waals surface area contributed by atoms with Gasteiger partial charge in [-0.15, -0.1) is 0 Å². The number of para-hydroxylation sites is 1. The lowest BCUT2D eigenvalue weighted by Crippen LogP contribution is -2.30. The van der Waals surface area contributed by atoms with E-state index < -0.39 is 11.8 Å². The van der Waals surface area contributed by atoms with Gasteiger partial charge in [-0.05, 0) is 37.6 Å². The topological polar surface area (TPSA) is 55.8 Å². The van der Waals surface area contributed by atoms with Gasteiger partial charge in [-0.3, -0.25) is 14.5 Å². The highest BCUT2D eigenvalue weighted by Gasteiger charge is 2.38. The highest BCUT2D eigenvalue weighted by Crippen LogP contribution is 2.34. The molecule has 0 saturated heterocycles. The molecule has 0 spiro atoms. The minimum atomic E-state index is -0.509. The molecule has 0 atom stereocenters. The van der Waals surface area contributed by atoms with Gasteiger partial charge in [0.25, 0.3) is 11.8 Å². The summed E-state index contributed by atoms with van der Waals surface area (Å²) in [6.07, 6.45) is 0.0460. The maximum absolute atomic E-state index is 12.9. The molecule has 2 amide bonds. The largest absolute Gasteiger partial charge is 0.496 e. The number of ether oxygens (including phenoxy) is 2. The number of benzene rings is 2. The minimum Gasteiger partial charge on any atom is -0.496 e. The van der Waals surface area contributed by atoms with Gasteiger partial charge in [0.15, 0.2) is 0 Å². The lowest BCUT2D eigenvalue weighted by molar-refractivity contribution is -0.137. The molecule has 1 aliphatic heterocycles. The summed E-state index contributed by atoms with van der Waals surface area (Å²) in [5.41, 5.74) is 1.51. The number of hydrogen-bond donors (Lipinski definition) is 0. The maximum Gasteiger partial charge on any atom is 0.273 e. The normalized spacial score (nSPS) is 14.3. The standard InChI is InChI=1S/C21H20ClNO4/c1-13(2)27-16-10-8-14(9-11-16)18-19(22)21(25)23(20(18)24)12-15-6-4-5-7-17(15)26-3/h4-11,13H,12H2,1-3H3. The van der Waals surface area contributed by atoms with Crippen molar-refractivity contribution in [3.63, 3.8) is 0 Å². The Labute approximate surface area is 163 Å². The molecule has 2 aromatic rings. The molecule has 0 N–H and O–H groups in total. The van der Waals surface area contributed by atoms with Crippen molar-refractivity contribution in [2.75, 3.05) is 7.11 Å². The van der Waals surface area contributed by atoms with Crippen LogP contribution in [0.15, 0.2) is 53.6 Å². The van der Waals surface area contributed by atoms with Gasteiger partial charge >= 0.3 is 0 Å². The van der Waals surface area contributed by atoms with Crippen molar-refractivity contribution in [3.05, 3.63) is 64.7 Å². The first-order valence-corrected chi connectivity index (χ1v) is 8.95. The second-order valence-corrected chi connectivity index (χ2v) is 6.77. The van der Waals surface area contributed by atoms with Gasteiger partial charge in [0.05, 0.1) is 25.3 Å². The average Bonchev–Trinajstić information content (AvgIpc) is 2.86. The van der Waals surface area contributed by atoms with E-state index in [0.717, 1.165) is 10.5 Å². The minimum absolute atomic E-state index is 0.0460. The van der Waals surface area contributed by atoms with E-state index in [1.54, 1.807) is 37.4 Å². The van der Waals surface area contributed by atoms with Crippen molar-refractivity contribution in [2.24, 2.45) is 0 Å². The van der Waals surface area contributed by atoms with Gasteiger partial charge in [0.1, 0.15) is 16.5 Å². The molecule has 6 heteroatoms. The number of carbonyl (C=O) groups is 2. The van der Waals surface area contributed by atoms with E-state index in [1.165, 1.54) is 0 Å². The number of hydrogen-bond acceptors (Lipinski definition) is 4. The Morgan fingerprint density at radius 3 is 2.30 bits per heavy atom. The molecule has 0 unspecified atom stereocenters. The molecule has 3 rings (SSSR count). The Kier molecular flexibility index (Phi) is 5.51. The molecule has 1 heterocycles. The van der Waals surface area contributed by atoms with Crippen LogP contribution < -0.4 is 9.47 Å². The van der Waals surface area contributed by atoms with Crippen molar-refractivity contribution in [1.82, 2.24) is 4.90 Å². The zero-order valence-corrected chi connectivity index (χ0v) is 16.1. The number of carbonyl (C=O) groups excluding carboxylic acids is 2. The lowest BCUT2D eigenvalue weighted by atomic mass is 10.1. The van der Waals surface area contributed by atoms with E-state index in [4.69, 9.17) is 21.1 Å². The summed E-state index contributed by atoms with van der Waals surface area (Å²) in [7, 11) is 1.55. The van der Waals surface area contributed by atoms with E-state index in [9.17, 15) is 9.59 Å². The first-order valence-electron chi connectivity index (χ1n) is 8.57. The Hall–Kier alpha value is -2.79. The number of imide groups is 1. The average molecular weight is 386 g/mol. The summed E-state index contributed by atoms with van der Waals surface area (Å²) in [6.45, 7) is 3.96. The monoisotopic (exact) mass is 385 g/mol. The summed E-state index contributed by atoms with van der Waals surface area (Å²) in [6, 6.07) is 14.2. The van der Waals surface area contributed by atoms with Crippen LogP contribution in [0.25, 0.3) is 5.57 Å². The van der Waals surface area contributed by atoms with E-state index in [-0.39, 0.29) is 23.3 Å². The third-order valence-corrected chi connectivity index (χ3v) is 4.50. The third kappa shape index (κ3) is 3.83. The van der Waals surface area contributed by atoms with Crippen LogP contribution in [0.1, 0.15) is 25.0 Å². The van der Waals surface area contributed by atoms with E-state index in [1.807, 2.05) is 32.0 Å². The molecule has 2 aromatic carbocycles. The van der Waals surface area contributed by atoms with Crippen LogP contribution >= 0.6 is 11.6 Å². The molecule has 0 saturated carbocycles. The second-order valence-electron chi connectivity index (χ2n) is 6.39. The zero-order chi connectivity index (χ0) is 19.6. The molecule has 1 aliphatic rings. The predicted molar refractivity (Wildman–Crippen MR) is 104 cm³/mol. The lowest BCUT2D eigenvalue weighted by Gasteiger charge is -2.17. The van der Waals surface area contributed by atoms with Gasteiger partial charge in [-0.2, -0.15) is 0 Å². The van der Waals surface area contributed by atoms with Crippen LogP contribution in [0.4, 0.5) is 0 Å². The number of rotatable bonds is 6. The molecule has 0 aliphatic carbocycles. The van der Waals surface area contributed by atoms with Crippen molar-refractivity contribution < 1.29 is 19.1 Å². The Balaban J connectivity index is 1.86. The van der Waals surface area contributed by atoms with Crippen molar-refractivity contribution in [2.45, 2.75) is 26.5 Å². The smallest absolute Gasteiger partial charge is 0.273 e. The molecule has 0 bridgehead atoms. The fourth-order valence-corrected chi connectivity index (χ4v) is 3.21. The van der Waals surface area contributed by atoms with Gasteiger partial charge in [-0.25, -0.2) is 0 Å². The number of halogens is 1.